The first-order chi connectivity index (χ1) is 12.0. The molecule has 0 unspecified atom stereocenters. The van der Waals surface area contributed by atoms with Crippen molar-refractivity contribution in [1.82, 2.24) is 24.3 Å². The Hall–Kier alpha value is -2.90. The second kappa shape index (κ2) is 6.92. The number of carbonyl (C=O) groups is 2. The van der Waals surface area contributed by atoms with Gasteiger partial charge in [0, 0.05) is 45.5 Å². The van der Waals surface area contributed by atoms with E-state index in [1.807, 2.05) is 6.33 Å². The fourth-order valence-electron chi connectivity index (χ4n) is 2.86. The van der Waals surface area contributed by atoms with Gasteiger partial charge in [-0.15, -0.1) is 0 Å². The summed E-state index contributed by atoms with van der Waals surface area (Å²) in [5.74, 6) is 0.297. The molecular weight excluding hydrogens is 320 g/mol. The number of imidazole rings is 1. The molecule has 132 valence electrons. The average Bonchev–Trinajstić information content (AvgIpc) is 3.03. The van der Waals surface area contributed by atoms with Crippen LogP contribution in [0.25, 0.3) is 0 Å². The maximum Gasteiger partial charge on any atom is 0.323 e. The highest BCUT2D eigenvalue weighted by Gasteiger charge is 2.24. The van der Waals surface area contributed by atoms with E-state index in [4.69, 9.17) is 0 Å². The molecule has 2 aromatic rings. The van der Waals surface area contributed by atoms with Gasteiger partial charge in [0.2, 0.25) is 0 Å². The predicted octanol–water partition coefficient (Wildman–Crippen LogP) is 1.59. The van der Waals surface area contributed by atoms with Crippen molar-refractivity contribution in [2.45, 2.75) is 26.4 Å². The lowest BCUT2D eigenvalue weighted by molar-refractivity contribution is 0.0827. The molecule has 1 aliphatic heterocycles. The van der Waals surface area contributed by atoms with E-state index in [-0.39, 0.29) is 11.9 Å². The quantitative estimate of drug-likeness (QED) is 0.918. The number of anilines is 1. The summed E-state index contributed by atoms with van der Waals surface area (Å²) in [5, 5.41) is 2.77. The molecule has 2 aromatic heterocycles. The normalized spacial score (nSPS) is 13.3. The van der Waals surface area contributed by atoms with Crippen molar-refractivity contribution in [2.24, 2.45) is 0 Å². The molecule has 1 aliphatic rings. The van der Waals surface area contributed by atoms with E-state index in [0.29, 0.717) is 24.5 Å². The van der Waals surface area contributed by atoms with Crippen LogP contribution in [0.5, 0.6) is 0 Å². The number of urea groups is 1. The van der Waals surface area contributed by atoms with Gasteiger partial charge in [0.15, 0.2) is 0 Å². The number of pyridine rings is 1. The van der Waals surface area contributed by atoms with Crippen molar-refractivity contribution in [3.8, 4) is 0 Å². The van der Waals surface area contributed by atoms with Crippen LogP contribution in [0.3, 0.4) is 0 Å². The third kappa shape index (κ3) is 3.47. The summed E-state index contributed by atoms with van der Waals surface area (Å²) in [4.78, 5) is 36.0. The average molecular weight is 342 g/mol. The Kier molecular flexibility index (Phi) is 4.69. The molecule has 8 nitrogen and oxygen atoms in total. The Balaban J connectivity index is 1.64. The summed E-state index contributed by atoms with van der Waals surface area (Å²) in [7, 11) is 3.37. The van der Waals surface area contributed by atoms with Crippen molar-refractivity contribution in [2.75, 3.05) is 26.0 Å². The third-order valence-corrected chi connectivity index (χ3v) is 4.27. The smallest absolute Gasteiger partial charge is 0.323 e. The Morgan fingerprint density at radius 2 is 2.08 bits per heavy atom. The van der Waals surface area contributed by atoms with Crippen molar-refractivity contribution in [1.29, 1.82) is 0 Å². The number of amides is 3. The number of rotatable bonds is 3. The van der Waals surface area contributed by atoms with Crippen LogP contribution in [0, 0.1) is 0 Å². The summed E-state index contributed by atoms with van der Waals surface area (Å²) in [6, 6.07) is 3.08. The largest absolute Gasteiger partial charge is 0.345 e. The van der Waals surface area contributed by atoms with E-state index in [9.17, 15) is 9.59 Å². The minimum atomic E-state index is -0.212. The molecule has 1 N–H and O–H groups in total. The van der Waals surface area contributed by atoms with Gasteiger partial charge >= 0.3 is 6.03 Å². The number of aromatic nitrogens is 3. The molecule has 0 atom stereocenters. The van der Waals surface area contributed by atoms with Crippen LogP contribution in [0.15, 0.2) is 24.7 Å². The third-order valence-electron chi connectivity index (χ3n) is 4.27. The minimum Gasteiger partial charge on any atom is -0.345 e. The van der Waals surface area contributed by atoms with E-state index >= 15 is 0 Å². The van der Waals surface area contributed by atoms with Gasteiger partial charge in [0.25, 0.3) is 5.91 Å². The number of nitrogens with one attached hydrogen (secondary N) is 1. The maximum atomic E-state index is 12.4. The lowest BCUT2D eigenvalue weighted by atomic mass is 10.1. The van der Waals surface area contributed by atoms with Gasteiger partial charge < -0.3 is 14.4 Å². The zero-order valence-corrected chi connectivity index (χ0v) is 14.7. The number of carbonyl (C=O) groups excluding carboxylic acids is 2. The van der Waals surface area contributed by atoms with Crippen LogP contribution in [-0.4, -0.2) is 56.9 Å². The van der Waals surface area contributed by atoms with Crippen LogP contribution in [-0.2, 0) is 19.5 Å². The van der Waals surface area contributed by atoms with Crippen molar-refractivity contribution < 1.29 is 9.59 Å². The summed E-state index contributed by atoms with van der Waals surface area (Å²) < 4.78 is 2.12. The van der Waals surface area contributed by atoms with Crippen LogP contribution >= 0.6 is 0 Å². The summed E-state index contributed by atoms with van der Waals surface area (Å²) in [6.45, 7) is 4.10. The molecule has 8 heteroatoms. The zero-order chi connectivity index (χ0) is 18.0. The summed E-state index contributed by atoms with van der Waals surface area (Å²) in [6.07, 6.45) is 4.09. The summed E-state index contributed by atoms with van der Waals surface area (Å²) in [5.41, 5.74) is 2.63. The maximum absolute atomic E-state index is 12.4. The molecular formula is C17H22N6O2. The first kappa shape index (κ1) is 16.9. The molecule has 0 saturated carbocycles. The molecule has 3 amide bonds. The van der Waals surface area contributed by atoms with Gasteiger partial charge in [-0.3, -0.25) is 10.1 Å². The Labute approximate surface area is 146 Å². The van der Waals surface area contributed by atoms with Crippen molar-refractivity contribution in [3.63, 3.8) is 0 Å². The van der Waals surface area contributed by atoms with Gasteiger partial charge in [-0.05, 0) is 19.1 Å². The second-order valence-electron chi connectivity index (χ2n) is 6.16. The van der Waals surface area contributed by atoms with Crippen LogP contribution < -0.4 is 5.32 Å². The molecule has 0 spiro atoms. The molecule has 25 heavy (non-hydrogen) atoms. The van der Waals surface area contributed by atoms with E-state index in [1.54, 1.807) is 31.1 Å². The molecule has 0 fully saturated rings. The SMILES string of the molecule is CCn1cnc2c1CCN(C(=O)Nc1ccc(C(=O)N(C)C)cn1)C2. The van der Waals surface area contributed by atoms with E-state index < -0.39 is 0 Å². The number of fused-ring (bicyclic) bond motifs is 1. The van der Waals surface area contributed by atoms with E-state index in [2.05, 4.69) is 26.8 Å². The minimum absolute atomic E-state index is 0.125. The first-order valence-corrected chi connectivity index (χ1v) is 8.26. The monoisotopic (exact) mass is 342 g/mol. The fraction of sp³-hybridized carbons (Fsp3) is 0.412. The number of aryl methyl sites for hydroxylation is 1. The fourth-order valence-corrected chi connectivity index (χ4v) is 2.86. The Morgan fingerprint density at radius 3 is 2.72 bits per heavy atom. The van der Waals surface area contributed by atoms with Gasteiger partial charge in [0.1, 0.15) is 5.82 Å². The van der Waals surface area contributed by atoms with E-state index in [0.717, 1.165) is 18.7 Å². The van der Waals surface area contributed by atoms with Gasteiger partial charge in [0.05, 0.1) is 24.1 Å². The second-order valence-corrected chi connectivity index (χ2v) is 6.16. The number of hydrogen-bond donors (Lipinski definition) is 1. The highest BCUT2D eigenvalue weighted by atomic mass is 16.2. The highest BCUT2D eigenvalue weighted by molar-refractivity contribution is 5.94. The predicted molar refractivity (Wildman–Crippen MR) is 93.3 cm³/mol. The lowest BCUT2D eigenvalue weighted by Crippen LogP contribution is -2.39. The van der Waals surface area contributed by atoms with Crippen molar-refractivity contribution >= 4 is 17.8 Å². The van der Waals surface area contributed by atoms with Gasteiger partial charge in [-0.25, -0.2) is 14.8 Å². The highest BCUT2D eigenvalue weighted by Crippen LogP contribution is 2.18. The lowest BCUT2D eigenvalue weighted by Gasteiger charge is -2.27. The number of nitrogens with zero attached hydrogens (tertiary/aromatic N) is 5. The van der Waals surface area contributed by atoms with Crippen LogP contribution in [0.2, 0.25) is 0 Å². The molecule has 0 bridgehead atoms. The Bertz CT molecular complexity index is 781. The standard InChI is InChI=1S/C17H22N6O2/c1-4-22-11-19-13-10-23(8-7-14(13)22)17(25)20-15-6-5-12(9-18-15)16(24)21(2)3/h5-6,9,11H,4,7-8,10H2,1-3H3,(H,18,20,25). The van der Waals surface area contributed by atoms with Gasteiger partial charge in [-0.1, -0.05) is 0 Å². The topological polar surface area (TPSA) is 83.4 Å². The van der Waals surface area contributed by atoms with Crippen LogP contribution in [0.1, 0.15) is 28.7 Å². The van der Waals surface area contributed by atoms with E-state index in [1.165, 1.54) is 16.8 Å². The van der Waals surface area contributed by atoms with Crippen molar-refractivity contribution in [3.05, 3.63) is 41.6 Å². The molecule has 0 aliphatic carbocycles. The molecule has 3 rings (SSSR count). The molecule has 3 heterocycles. The number of hydrogen-bond acceptors (Lipinski definition) is 4. The van der Waals surface area contributed by atoms with Gasteiger partial charge in [-0.2, -0.15) is 0 Å². The first-order valence-electron chi connectivity index (χ1n) is 8.26. The molecule has 0 aromatic carbocycles. The van der Waals surface area contributed by atoms with Crippen LogP contribution in [0.4, 0.5) is 10.6 Å². The zero-order valence-electron chi connectivity index (χ0n) is 14.7. The summed E-state index contributed by atoms with van der Waals surface area (Å²) >= 11 is 0. The molecule has 0 saturated heterocycles. The molecule has 0 radical (unpaired) electrons. The Morgan fingerprint density at radius 1 is 1.28 bits per heavy atom.